The van der Waals surface area contributed by atoms with Crippen molar-refractivity contribution in [2.24, 2.45) is 0 Å². The first-order chi connectivity index (χ1) is 12.9. The maximum atomic E-state index is 10.1. The van der Waals surface area contributed by atoms with Crippen molar-refractivity contribution in [2.45, 2.75) is 71.1 Å². The van der Waals surface area contributed by atoms with Crippen LogP contribution in [-0.4, -0.2) is 66.3 Å². The second-order valence-corrected chi connectivity index (χ2v) is 7.63. The Kier molecular flexibility index (Phi) is 24.0. The van der Waals surface area contributed by atoms with Crippen molar-refractivity contribution in [3.63, 3.8) is 0 Å². The Hall–Kier alpha value is -0.0500. The number of phosphoric ester groups is 1. The highest BCUT2D eigenvalue weighted by Gasteiger charge is 2.00. The van der Waals surface area contributed by atoms with Crippen molar-refractivity contribution in [3.05, 3.63) is 0 Å². The molecule has 166 valence electrons. The molecule has 0 unspecified atom stereocenters. The topological polar surface area (TPSA) is 136 Å². The molecular formula is C18H40NO7P-2. The molecule has 8 nitrogen and oxygen atoms in total. The second kappa shape index (κ2) is 22.2. The summed E-state index contributed by atoms with van der Waals surface area (Å²) in [5, 5.41) is 25.5. The lowest BCUT2D eigenvalue weighted by atomic mass is 10.1. The first-order valence-corrected chi connectivity index (χ1v) is 11.6. The predicted octanol–water partition coefficient (Wildman–Crippen LogP) is 1.02. The lowest BCUT2D eigenvalue weighted by Crippen LogP contribution is -2.32. The van der Waals surface area contributed by atoms with Crippen LogP contribution in [-0.2, 0) is 9.09 Å². The molecule has 0 fully saturated rings. The van der Waals surface area contributed by atoms with E-state index in [1.54, 1.807) is 4.90 Å². The minimum atomic E-state index is -4.74. The quantitative estimate of drug-likeness (QED) is 0.224. The molecule has 0 aromatic carbocycles. The fraction of sp³-hybridized carbons (Fsp3) is 1.00. The Morgan fingerprint density at radius 1 is 0.741 bits per heavy atom. The van der Waals surface area contributed by atoms with Crippen LogP contribution in [0.15, 0.2) is 0 Å². The largest absolute Gasteiger partial charge is 0.790 e. The highest BCUT2D eigenvalue weighted by atomic mass is 31.2. The molecule has 0 aliphatic rings. The molecule has 9 heteroatoms. The summed E-state index contributed by atoms with van der Waals surface area (Å²) in [6.07, 6.45) is 11.7. The molecule has 27 heavy (non-hydrogen) atoms. The molecule has 0 saturated carbocycles. The second-order valence-electron chi connectivity index (χ2n) is 6.47. The summed E-state index contributed by atoms with van der Waals surface area (Å²) >= 11 is 0. The third-order valence-electron chi connectivity index (χ3n) is 4.00. The van der Waals surface area contributed by atoms with Crippen LogP contribution < -0.4 is 9.79 Å². The summed E-state index contributed by atoms with van der Waals surface area (Å²) in [6.45, 7) is 4.01. The van der Waals surface area contributed by atoms with Crippen LogP contribution in [0.3, 0.4) is 0 Å². The van der Waals surface area contributed by atoms with E-state index < -0.39 is 7.82 Å². The van der Waals surface area contributed by atoms with Gasteiger partial charge >= 0.3 is 0 Å². The zero-order chi connectivity index (χ0) is 20.8. The van der Waals surface area contributed by atoms with Gasteiger partial charge in [0.05, 0.1) is 34.3 Å². The van der Waals surface area contributed by atoms with Gasteiger partial charge in [0.15, 0.2) is 0 Å². The fourth-order valence-corrected chi connectivity index (χ4v) is 2.88. The van der Waals surface area contributed by atoms with Crippen molar-refractivity contribution >= 4 is 7.82 Å². The Morgan fingerprint density at radius 2 is 1.11 bits per heavy atom. The third kappa shape index (κ3) is 28.3. The normalized spacial score (nSPS) is 11.5. The molecule has 3 N–H and O–H groups in total. The lowest BCUT2D eigenvalue weighted by Gasteiger charge is -2.28. The SMILES string of the molecule is CCCCCCCCCCCCOP(=O)([O-])[O-].OCCN(CCO)CCO. The minimum absolute atomic E-state index is 0.0424. The molecule has 0 saturated heterocycles. The van der Waals surface area contributed by atoms with Gasteiger partial charge in [-0.2, -0.15) is 0 Å². The highest BCUT2D eigenvalue weighted by Crippen LogP contribution is 2.24. The molecule has 0 rings (SSSR count). The number of rotatable bonds is 18. The summed E-state index contributed by atoms with van der Waals surface area (Å²) in [7, 11) is -4.74. The first kappa shape index (κ1) is 29.2. The molecule has 0 bridgehead atoms. The average Bonchev–Trinajstić information content (AvgIpc) is 2.60. The van der Waals surface area contributed by atoms with E-state index in [0.29, 0.717) is 26.1 Å². The Labute approximate surface area is 164 Å². The zero-order valence-electron chi connectivity index (χ0n) is 16.9. The molecule has 0 radical (unpaired) electrons. The maximum absolute atomic E-state index is 10.1. The summed E-state index contributed by atoms with van der Waals surface area (Å²) < 4.78 is 14.3. The van der Waals surface area contributed by atoms with E-state index in [-0.39, 0.29) is 26.4 Å². The van der Waals surface area contributed by atoms with E-state index >= 15 is 0 Å². The highest BCUT2D eigenvalue weighted by molar-refractivity contribution is 7.43. The van der Waals surface area contributed by atoms with Crippen LogP contribution in [0.5, 0.6) is 0 Å². The molecule has 0 spiro atoms. The predicted molar refractivity (Wildman–Crippen MR) is 103 cm³/mol. The minimum Gasteiger partial charge on any atom is -0.790 e. The van der Waals surface area contributed by atoms with Crippen LogP contribution in [0.1, 0.15) is 71.1 Å². The molecule has 0 heterocycles. The smallest absolute Gasteiger partial charge is 0.0596 e. The van der Waals surface area contributed by atoms with Gasteiger partial charge in [-0.05, 0) is 6.42 Å². The molecule has 0 aliphatic heterocycles. The van der Waals surface area contributed by atoms with Gasteiger partial charge in [0.1, 0.15) is 0 Å². The fourth-order valence-electron chi connectivity index (χ4n) is 2.53. The van der Waals surface area contributed by atoms with Crippen molar-refractivity contribution in [1.29, 1.82) is 0 Å². The summed E-state index contributed by atoms with van der Waals surface area (Å²) in [5.41, 5.74) is 0. The number of aliphatic hydroxyl groups is 3. The van der Waals surface area contributed by atoms with E-state index in [2.05, 4.69) is 11.4 Å². The Balaban J connectivity index is 0. The average molecular weight is 413 g/mol. The van der Waals surface area contributed by atoms with Crippen molar-refractivity contribution in [1.82, 2.24) is 4.90 Å². The standard InChI is InChI=1S/C12H27O4P.C6H15NO3/c1-2-3-4-5-6-7-8-9-10-11-12-16-17(13,14)15;8-4-1-7(2-5-9)3-6-10/h2-12H2,1H3,(H2,13,14,15);8-10H,1-6H2/p-2. The van der Waals surface area contributed by atoms with Crippen LogP contribution in [0.4, 0.5) is 0 Å². The summed E-state index contributed by atoms with van der Waals surface area (Å²) in [6, 6.07) is 0. The Morgan fingerprint density at radius 3 is 1.44 bits per heavy atom. The maximum Gasteiger partial charge on any atom is 0.0596 e. The number of unbranched alkanes of at least 4 members (excludes halogenated alkanes) is 9. The number of aliphatic hydroxyl groups excluding tert-OH is 3. The van der Waals surface area contributed by atoms with E-state index in [9.17, 15) is 14.4 Å². The molecule has 0 aromatic heterocycles. The van der Waals surface area contributed by atoms with Gasteiger partial charge in [-0.15, -0.1) is 0 Å². The summed E-state index contributed by atoms with van der Waals surface area (Å²) in [4.78, 5) is 22.1. The Bertz CT molecular complexity index is 315. The van der Waals surface area contributed by atoms with E-state index in [4.69, 9.17) is 15.3 Å². The third-order valence-corrected chi connectivity index (χ3v) is 4.49. The first-order valence-electron chi connectivity index (χ1n) is 10.1. The van der Waals surface area contributed by atoms with Gasteiger partial charge in [0.2, 0.25) is 0 Å². The van der Waals surface area contributed by atoms with Crippen LogP contribution >= 0.6 is 7.82 Å². The number of phosphoric acid groups is 1. The van der Waals surface area contributed by atoms with Crippen molar-refractivity contribution in [2.75, 3.05) is 46.1 Å². The molecule has 0 aromatic rings. The van der Waals surface area contributed by atoms with Gasteiger partial charge in [-0.3, -0.25) is 4.90 Å². The van der Waals surface area contributed by atoms with Gasteiger partial charge < -0.3 is 34.2 Å². The molecule has 0 aliphatic carbocycles. The van der Waals surface area contributed by atoms with Crippen LogP contribution in [0, 0.1) is 0 Å². The van der Waals surface area contributed by atoms with Gasteiger partial charge in [-0.25, -0.2) is 0 Å². The number of hydrogen-bond donors (Lipinski definition) is 3. The van der Waals surface area contributed by atoms with Gasteiger partial charge in [0, 0.05) is 19.6 Å². The van der Waals surface area contributed by atoms with E-state index in [1.807, 2.05) is 0 Å². The number of nitrogens with zero attached hydrogens (tertiary/aromatic N) is 1. The van der Waals surface area contributed by atoms with Crippen molar-refractivity contribution < 1.29 is 34.2 Å². The van der Waals surface area contributed by atoms with Gasteiger partial charge in [-0.1, -0.05) is 64.7 Å². The molecule has 0 amide bonds. The zero-order valence-corrected chi connectivity index (χ0v) is 17.8. The molecular weight excluding hydrogens is 373 g/mol. The van der Waals surface area contributed by atoms with Crippen molar-refractivity contribution in [3.8, 4) is 0 Å². The lowest BCUT2D eigenvalue weighted by molar-refractivity contribution is -0.341. The van der Waals surface area contributed by atoms with Crippen LogP contribution in [0.2, 0.25) is 0 Å². The van der Waals surface area contributed by atoms with Crippen LogP contribution in [0.25, 0.3) is 0 Å². The number of hydrogen-bond acceptors (Lipinski definition) is 8. The van der Waals surface area contributed by atoms with E-state index in [0.717, 1.165) is 12.8 Å². The van der Waals surface area contributed by atoms with E-state index in [1.165, 1.54) is 44.9 Å². The summed E-state index contributed by atoms with van der Waals surface area (Å²) in [5.74, 6) is 0. The molecule has 0 atom stereocenters. The van der Waals surface area contributed by atoms with Gasteiger partial charge in [0.25, 0.3) is 0 Å². The monoisotopic (exact) mass is 413 g/mol.